The number of carbonyl (C=O) groups excluding carboxylic acids is 2. The van der Waals surface area contributed by atoms with Crippen molar-refractivity contribution in [2.45, 2.75) is 6.42 Å². The zero-order chi connectivity index (χ0) is 21.2. The first-order valence-electron chi connectivity index (χ1n) is 9.42. The molecule has 0 saturated carbocycles. The van der Waals surface area contributed by atoms with E-state index in [-0.39, 0.29) is 6.61 Å². The molecule has 0 saturated heterocycles. The summed E-state index contributed by atoms with van der Waals surface area (Å²) in [6.07, 6.45) is 0.649. The fourth-order valence-corrected chi connectivity index (χ4v) is 2.62. The van der Waals surface area contributed by atoms with Crippen LogP contribution in [-0.2, 0) is 16.0 Å². The van der Waals surface area contributed by atoms with Gasteiger partial charge in [0, 0.05) is 6.42 Å². The van der Waals surface area contributed by atoms with Crippen LogP contribution < -0.4 is 14.2 Å². The topological polar surface area (TPSA) is 71.1 Å². The van der Waals surface area contributed by atoms with E-state index in [9.17, 15) is 9.59 Å². The van der Waals surface area contributed by atoms with Gasteiger partial charge >= 0.3 is 11.9 Å². The molecule has 0 atom stereocenters. The van der Waals surface area contributed by atoms with Crippen LogP contribution in [0.4, 0.5) is 0 Å². The van der Waals surface area contributed by atoms with Crippen molar-refractivity contribution in [1.82, 2.24) is 0 Å². The van der Waals surface area contributed by atoms with Crippen LogP contribution in [0.3, 0.4) is 0 Å². The second-order valence-electron chi connectivity index (χ2n) is 6.33. The highest BCUT2D eigenvalue weighted by Crippen LogP contribution is 2.17. The second kappa shape index (κ2) is 10.7. The first-order chi connectivity index (χ1) is 14.6. The molecule has 3 rings (SSSR count). The van der Waals surface area contributed by atoms with Crippen LogP contribution in [-0.4, -0.2) is 32.3 Å². The Hall–Kier alpha value is -3.80. The zero-order valence-corrected chi connectivity index (χ0v) is 16.6. The van der Waals surface area contributed by atoms with E-state index in [1.807, 2.05) is 30.3 Å². The predicted octanol–water partition coefficient (Wildman–Crippen LogP) is 4.08. The normalized spacial score (nSPS) is 10.2. The van der Waals surface area contributed by atoms with Gasteiger partial charge in [-0.15, -0.1) is 0 Å². The second-order valence-corrected chi connectivity index (χ2v) is 6.33. The van der Waals surface area contributed by atoms with Crippen molar-refractivity contribution in [3.63, 3.8) is 0 Å². The van der Waals surface area contributed by atoms with Gasteiger partial charge in [0.05, 0.1) is 19.3 Å². The van der Waals surface area contributed by atoms with Crippen molar-refractivity contribution in [1.29, 1.82) is 0 Å². The summed E-state index contributed by atoms with van der Waals surface area (Å²) in [4.78, 5) is 24.1. The number of hydrogen-bond acceptors (Lipinski definition) is 6. The summed E-state index contributed by atoms with van der Waals surface area (Å²) in [5.41, 5.74) is 1.49. The van der Waals surface area contributed by atoms with E-state index in [4.69, 9.17) is 18.9 Å². The molecule has 0 aliphatic rings. The van der Waals surface area contributed by atoms with Crippen molar-refractivity contribution in [2.75, 3.05) is 20.3 Å². The van der Waals surface area contributed by atoms with Crippen molar-refractivity contribution in [2.24, 2.45) is 0 Å². The number of carbonyl (C=O) groups is 2. The molecule has 0 spiro atoms. The molecule has 0 heterocycles. The Balaban J connectivity index is 1.42. The summed E-state index contributed by atoms with van der Waals surface area (Å²) in [6, 6.07) is 22.8. The van der Waals surface area contributed by atoms with E-state index in [0.717, 1.165) is 5.56 Å². The number of esters is 2. The summed E-state index contributed by atoms with van der Waals surface area (Å²) in [5, 5.41) is 0. The highest BCUT2D eigenvalue weighted by molar-refractivity contribution is 5.89. The summed E-state index contributed by atoms with van der Waals surface area (Å²) < 4.78 is 20.9. The molecule has 0 fully saturated rings. The zero-order valence-electron chi connectivity index (χ0n) is 16.6. The molecule has 0 aliphatic heterocycles. The van der Waals surface area contributed by atoms with Gasteiger partial charge in [-0.05, 0) is 54.1 Å². The van der Waals surface area contributed by atoms with Gasteiger partial charge in [-0.25, -0.2) is 9.59 Å². The molecule has 154 valence electrons. The van der Waals surface area contributed by atoms with Crippen LogP contribution in [0.2, 0.25) is 0 Å². The van der Waals surface area contributed by atoms with Gasteiger partial charge in [-0.3, -0.25) is 0 Å². The molecule has 6 nitrogen and oxygen atoms in total. The maximum Gasteiger partial charge on any atom is 0.349 e. The number of rotatable bonds is 9. The third-order valence-corrected chi connectivity index (χ3v) is 4.20. The van der Waals surface area contributed by atoms with Gasteiger partial charge in [0.2, 0.25) is 0 Å². The maximum atomic E-state index is 12.1. The molecule has 0 aliphatic carbocycles. The van der Waals surface area contributed by atoms with Gasteiger partial charge in [0.15, 0.2) is 6.61 Å². The van der Waals surface area contributed by atoms with Gasteiger partial charge in [-0.2, -0.15) is 0 Å². The van der Waals surface area contributed by atoms with Gasteiger partial charge in [0.1, 0.15) is 17.2 Å². The Labute approximate surface area is 175 Å². The van der Waals surface area contributed by atoms with E-state index in [2.05, 4.69) is 0 Å². The number of methoxy groups -OCH3 is 1. The Morgan fingerprint density at radius 1 is 0.767 bits per heavy atom. The first kappa shape index (κ1) is 20.9. The van der Waals surface area contributed by atoms with Crippen LogP contribution in [0, 0.1) is 0 Å². The quantitative estimate of drug-likeness (QED) is 0.394. The van der Waals surface area contributed by atoms with Crippen molar-refractivity contribution in [3.05, 3.63) is 90.0 Å². The van der Waals surface area contributed by atoms with E-state index in [1.165, 1.54) is 0 Å². The first-order valence-corrected chi connectivity index (χ1v) is 9.42. The average molecular weight is 406 g/mol. The third-order valence-electron chi connectivity index (χ3n) is 4.20. The Morgan fingerprint density at radius 3 is 2.07 bits per heavy atom. The molecule has 0 aromatic heterocycles. The molecular formula is C24H22O6. The minimum Gasteiger partial charge on any atom is -0.497 e. The Bertz CT molecular complexity index is 949. The number of hydrogen-bond donors (Lipinski definition) is 0. The molecule has 30 heavy (non-hydrogen) atoms. The highest BCUT2D eigenvalue weighted by atomic mass is 16.6. The lowest BCUT2D eigenvalue weighted by Crippen LogP contribution is -2.17. The third kappa shape index (κ3) is 6.38. The smallest absolute Gasteiger partial charge is 0.349 e. The average Bonchev–Trinajstić information content (AvgIpc) is 2.79. The van der Waals surface area contributed by atoms with Gasteiger partial charge in [-0.1, -0.05) is 30.3 Å². The molecule has 6 heteroatoms. The lowest BCUT2D eigenvalue weighted by molar-refractivity contribution is -0.136. The van der Waals surface area contributed by atoms with Crippen LogP contribution in [0.5, 0.6) is 17.2 Å². The maximum absolute atomic E-state index is 12.1. The van der Waals surface area contributed by atoms with Crippen molar-refractivity contribution < 1.29 is 28.5 Å². The highest BCUT2D eigenvalue weighted by Gasteiger charge is 2.10. The largest absolute Gasteiger partial charge is 0.497 e. The van der Waals surface area contributed by atoms with E-state index in [0.29, 0.717) is 35.8 Å². The molecule has 3 aromatic carbocycles. The molecule has 0 radical (unpaired) electrons. The fourth-order valence-electron chi connectivity index (χ4n) is 2.62. The van der Waals surface area contributed by atoms with E-state index >= 15 is 0 Å². The molecule has 0 N–H and O–H groups in total. The fraction of sp³-hybridized carbons (Fsp3) is 0.167. The summed E-state index contributed by atoms with van der Waals surface area (Å²) >= 11 is 0. The summed E-state index contributed by atoms with van der Waals surface area (Å²) in [7, 11) is 1.57. The minimum atomic E-state index is -0.552. The van der Waals surface area contributed by atoms with Crippen LogP contribution in [0.15, 0.2) is 78.9 Å². The Kier molecular flexibility index (Phi) is 7.44. The van der Waals surface area contributed by atoms with Gasteiger partial charge < -0.3 is 18.9 Å². The summed E-state index contributed by atoms with van der Waals surface area (Å²) in [5.74, 6) is 0.569. The molecule has 0 bridgehead atoms. The standard InChI is InChI=1S/C24H22O6/c1-27-20-11-13-21(14-12-20)29-17-23(25)30-22-9-7-19(8-10-22)24(26)28-16-15-18-5-3-2-4-6-18/h2-14H,15-17H2,1H3. The van der Waals surface area contributed by atoms with Crippen molar-refractivity contribution in [3.8, 4) is 17.2 Å². The van der Waals surface area contributed by atoms with Crippen LogP contribution in [0.1, 0.15) is 15.9 Å². The lowest BCUT2D eigenvalue weighted by atomic mass is 10.2. The predicted molar refractivity (Wildman–Crippen MR) is 111 cm³/mol. The molecular weight excluding hydrogens is 384 g/mol. The van der Waals surface area contributed by atoms with Crippen molar-refractivity contribution >= 4 is 11.9 Å². The molecule has 3 aromatic rings. The van der Waals surface area contributed by atoms with Crippen LogP contribution >= 0.6 is 0 Å². The summed E-state index contributed by atoms with van der Waals surface area (Å²) in [6.45, 7) is 0.0535. The SMILES string of the molecule is COc1ccc(OCC(=O)Oc2ccc(C(=O)OCCc3ccccc3)cc2)cc1. The molecule has 0 unspecified atom stereocenters. The van der Waals surface area contributed by atoms with Crippen LogP contribution in [0.25, 0.3) is 0 Å². The minimum absolute atomic E-state index is 0.240. The molecule has 0 amide bonds. The lowest BCUT2D eigenvalue weighted by Gasteiger charge is -2.08. The van der Waals surface area contributed by atoms with Gasteiger partial charge in [0.25, 0.3) is 0 Å². The Morgan fingerprint density at radius 2 is 1.40 bits per heavy atom. The number of benzene rings is 3. The number of ether oxygens (including phenoxy) is 4. The van der Waals surface area contributed by atoms with E-state index < -0.39 is 11.9 Å². The van der Waals surface area contributed by atoms with E-state index in [1.54, 1.807) is 55.6 Å². The monoisotopic (exact) mass is 406 g/mol.